The van der Waals surface area contributed by atoms with Crippen LogP contribution >= 0.6 is 0 Å². The molecule has 0 unspecified atom stereocenters. The Morgan fingerprint density at radius 2 is 2.29 bits per heavy atom. The van der Waals surface area contributed by atoms with Crippen LogP contribution < -0.4 is 10.2 Å². The molecule has 2 N–H and O–H groups in total. The largest absolute Gasteiger partial charge is 0.389 e. The first kappa shape index (κ1) is 11.8. The third kappa shape index (κ3) is 2.71. The molecular weight excluding hydrogens is 220 g/mol. The first-order valence-corrected chi connectivity index (χ1v) is 5.55. The number of hydrogen-bond acceptors (Lipinski definition) is 5. The van der Waals surface area contributed by atoms with Gasteiger partial charge in [-0.15, -0.1) is 0 Å². The number of aromatic nitrogens is 2. The van der Waals surface area contributed by atoms with Gasteiger partial charge in [-0.3, -0.25) is 4.79 Å². The highest BCUT2D eigenvalue weighted by Crippen LogP contribution is 2.18. The van der Waals surface area contributed by atoms with E-state index in [4.69, 9.17) is 0 Å². The zero-order chi connectivity index (χ0) is 12.4. The lowest BCUT2D eigenvalue weighted by Gasteiger charge is -2.17. The summed E-state index contributed by atoms with van der Waals surface area (Å²) in [6.45, 7) is 4.38. The van der Waals surface area contributed by atoms with Crippen LogP contribution in [-0.4, -0.2) is 46.2 Å². The summed E-state index contributed by atoms with van der Waals surface area (Å²) in [5.74, 6) is 0.652. The van der Waals surface area contributed by atoms with Crippen molar-refractivity contribution < 1.29 is 9.90 Å². The molecule has 2 atom stereocenters. The molecule has 1 amide bonds. The molecule has 6 heteroatoms. The van der Waals surface area contributed by atoms with E-state index in [9.17, 15) is 9.90 Å². The molecule has 2 heterocycles. The van der Waals surface area contributed by atoms with Gasteiger partial charge in [-0.2, -0.15) is 0 Å². The fourth-order valence-corrected chi connectivity index (χ4v) is 1.99. The zero-order valence-electron chi connectivity index (χ0n) is 9.92. The monoisotopic (exact) mass is 236 g/mol. The van der Waals surface area contributed by atoms with Gasteiger partial charge in [0.2, 0.25) is 5.91 Å². The summed E-state index contributed by atoms with van der Waals surface area (Å²) in [6.07, 6.45) is 0.942. The number of anilines is 1. The molecule has 6 nitrogen and oxygen atoms in total. The Kier molecular flexibility index (Phi) is 3.23. The molecule has 1 aliphatic heterocycles. The Hall–Kier alpha value is -1.69. The topological polar surface area (TPSA) is 78.4 Å². The second-order valence-electron chi connectivity index (χ2n) is 4.30. The number of aryl methyl sites for hydroxylation is 1. The Balaban J connectivity index is 2.08. The molecule has 0 spiro atoms. The number of carbonyl (C=O) groups is 1. The van der Waals surface area contributed by atoms with Crippen LogP contribution in [0.4, 0.5) is 5.82 Å². The van der Waals surface area contributed by atoms with Gasteiger partial charge >= 0.3 is 0 Å². The van der Waals surface area contributed by atoms with Gasteiger partial charge in [0.1, 0.15) is 12.1 Å². The number of rotatable bonds is 2. The van der Waals surface area contributed by atoms with Crippen molar-refractivity contribution in [2.24, 2.45) is 0 Å². The molecular formula is C11H16N4O2. The van der Waals surface area contributed by atoms with Crippen LogP contribution in [0.25, 0.3) is 0 Å². The van der Waals surface area contributed by atoms with Gasteiger partial charge in [0, 0.05) is 31.8 Å². The van der Waals surface area contributed by atoms with Gasteiger partial charge in [0.15, 0.2) is 0 Å². The summed E-state index contributed by atoms with van der Waals surface area (Å²) in [5.41, 5.74) is 0.882. The lowest BCUT2D eigenvalue weighted by Crippen LogP contribution is -2.41. The number of nitrogens with one attached hydrogen (secondary N) is 1. The van der Waals surface area contributed by atoms with E-state index in [2.05, 4.69) is 15.3 Å². The van der Waals surface area contributed by atoms with Gasteiger partial charge in [-0.1, -0.05) is 0 Å². The summed E-state index contributed by atoms with van der Waals surface area (Å²) < 4.78 is 0. The Morgan fingerprint density at radius 3 is 2.94 bits per heavy atom. The van der Waals surface area contributed by atoms with Crippen molar-refractivity contribution in [3.05, 3.63) is 18.1 Å². The predicted molar refractivity (Wildman–Crippen MR) is 62.6 cm³/mol. The van der Waals surface area contributed by atoms with Gasteiger partial charge in [-0.25, -0.2) is 9.97 Å². The molecule has 1 aromatic heterocycles. The van der Waals surface area contributed by atoms with E-state index < -0.39 is 6.10 Å². The van der Waals surface area contributed by atoms with Gasteiger partial charge in [0.05, 0.1) is 12.1 Å². The number of aliphatic hydroxyl groups excluding tert-OH is 1. The Morgan fingerprint density at radius 1 is 1.53 bits per heavy atom. The maximum Gasteiger partial charge on any atom is 0.217 e. The molecule has 1 aromatic rings. The van der Waals surface area contributed by atoms with Crippen LogP contribution in [0.15, 0.2) is 12.4 Å². The van der Waals surface area contributed by atoms with E-state index in [-0.39, 0.29) is 11.9 Å². The van der Waals surface area contributed by atoms with Crippen molar-refractivity contribution >= 4 is 11.7 Å². The molecule has 17 heavy (non-hydrogen) atoms. The molecule has 0 aliphatic carbocycles. The quantitative estimate of drug-likeness (QED) is 0.722. The summed E-state index contributed by atoms with van der Waals surface area (Å²) >= 11 is 0. The average Bonchev–Trinajstić information content (AvgIpc) is 2.59. The van der Waals surface area contributed by atoms with E-state index in [1.165, 1.54) is 13.3 Å². The molecule has 1 aliphatic rings. The van der Waals surface area contributed by atoms with Crippen LogP contribution in [0.2, 0.25) is 0 Å². The Labute approximate surface area is 99.7 Å². The Bertz CT molecular complexity index is 424. The SMILES string of the molecule is CC(=O)N[C@@H]1CN(c2cc(C)ncn2)C[C@H]1O. The molecule has 0 saturated carbocycles. The number of amides is 1. The van der Waals surface area contributed by atoms with Crippen molar-refractivity contribution in [2.75, 3.05) is 18.0 Å². The third-order valence-electron chi connectivity index (χ3n) is 2.79. The van der Waals surface area contributed by atoms with E-state index in [0.717, 1.165) is 11.5 Å². The van der Waals surface area contributed by atoms with E-state index in [1.807, 2.05) is 17.9 Å². The van der Waals surface area contributed by atoms with Crippen molar-refractivity contribution in [3.8, 4) is 0 Å². The number of β-amino-alcohol motifs (C(OH)–C–C–N with tert-alkyl or cyclic N) is 1. The van der Waals surface area contributed by atoms with Crippen LogP contribution in [0, 0.1) is 6.92 Å². The minimum atomic E-state index is -0.561. The predicted octanol–water partition coefficient (Wildman–Crippen LogP) is -0.529. The molecule has 2 rings (SSSR count). The highest BCUT2D eigenvalue weighted by molar-refractivity contribution is 5.73. The first-order chi connectivity index (χ1) is 8.06. The second-order valence-corrected chi connectivity index (χ2v) is 4.30. The van der Waals surface area contributed by atoms with Crippen molar-refractivity contribution in [2.45, 2.75) is 26.0 Å². The zero-order valence-corrected chi connectivity index (χ0v) is 9.92. The lowest BCUT2D eigenvalue weighted by atomic mass is 10.2. The molecule has 1 saturated heterocycles. The minimum Gasteiger partial charge on any atom is -0.389 e. The fourth-order valence-electron chi connectivity index (χ4n) is 1.99. The van der Waals surface area contributed by atoms with Crippen molar-refractivity contribution in [1.29, 1.82) is 0 Å². The number of nitrogens with zero attached hydrogens (tertiary/aromatic N) is 3. The maximum absolute atomic E-state index is 11.0. The lowest BCUT2D eigenvalue weighted by molar-refractivity contribution is -0.120. The molecule has 1 fully saturated rings. The standard InChI is InChI=1S/C11H16N4O2/c1-7-3-11(13-6-12-7)15-4-9(10(17)5-15)14-8(2)16/h3,6,9-10,17H,4-5H2,1-2H3,(H,14,16)/t9-,10-/m1/s1. The summed E-state index contributed by atoms with van der Waals surface area (Å²) in [5, 5.41) is 12.6. The van der Waals surface area contributed by atoms with Gasteiger partial charge in [-0.05, 0) is 6.92 Å². The fraction of sp³-hybridized carbons (Fsp3) is 0.545. The normalized spacial score (nSPS) is 23.8. The van der Waals surface area contributed by atoms with Crippen LogP contribution in [0.3, 0.4) is 0 Å². The molecule has 92 valence electrons. The smallest absolute Gasteiger partial charge is 0.217 e. The van der Waals surface area contributed by atoms with Crippen molar-refractivity contribution in [3.63, 3.8) is 0 Å². The number of aliphatic hydroxyl groups is 1. The number of hydrogen-bond donors (Lipinski definition) is 2. The molecule has 0 bridgehead atoms. The highest BCUT2D eigenvalue weighted by atomic mass is 16.3. The van der Waals surface area contributed by atoms with Crippen LogP contribution in [-0.2, 0) is 4.79 Å². The first-order valence-electron chi connectivity index (χ1n) is 5.55. The van der Waals surface area contributed by atoms with Crippen molar-refractivity contribution in [1.82, 2.24) is 15.3 Å². The minimum absolute atomic E-state index is 0.130. The second kappa shape index (κ2) is 4.67. The van der Waals surface area contributed by atoms with E-state index in [1.54, 1.807) is 0 Å². The molecule has 0 aromatic carbocycles. The summed E-state index contributed by atoms with van der Waals surface area (Å²) in [7, 11) is 0. The average molecular weight is 236 g/mol. The van der Waals surface area contributed by atoms with Crippen LogP contribution in [0.1, 0.15) is 12.6 Å². The molecule has 0 radical (unpaired) electrons. The summed E-state index contributed by atoms with van der Waals surface area (Å²) in [6, 6.07) is 1.63. The van der Waals surface area contributed by atoms with Crippen LogP contribution in [0.5, 0.6) is 0 Å². The van der Waals surface area contributed by atoms with Gasteiger partial charge < -0.3 is 15.3 Å². The highest BCUT2D eigenvalue weighted by Gasteiger charge is 2.32. The third-order valence-corrected chi connectivity index (χ3v) is 2.79. The van der Waals surface area contributed by atoms with E-state index in [0.29, 0.717) is 13.1 Å². The maximum atomic E-state index is 11.0. The number of carbonyl (C=O) groups excluding carboxylic acids is 1. The van der Waals surface area contributed by atoms with E-state index >= 15 is 0 Å². The summed E-state index contributed by atoms with van der Waals surface area (Å²) in [4.78, 5) is 21.1. The van der Waals surface area contributed by atoms with Gasteiger partial charge in [0.25, 0.3) is 0 Å².